The number of benzene rings is 1. The molecule has 102 valence electrons. The quantitative estimate of drug-likeness (QED) is 0.913. The number of aromatic nitrogens is 1. The summed E-state index contributed by atoms with van der Waals surface area (Å²) in [6.45, 7) is 4.09. The molecule has 0 fully saturated rings. The van der Waals surface area contributed by atoms with Crippen LogP contribution in [0.2, 0.25) is 0 Å². The lowest BCUT2D eigenvalue weighted by atomic mass is 10.1. The molecule has 1 N–H and O–H groups in total. The van der Waals surface area contributed by atoms with Crippen molar-refractivity contribution in [3.8, 4) is 11.5 Å². The van der Waals surface area contributed by atoms with E-state index in [0.29, 0.717) is 18.1 Å². The van der Waals surface area contributed by atoms with Crippen molar-refractivity contribution in [3.63, 3.8) is 0 Å². The largest absolute Gasteiger partial charge is 0.493 e. The molecule has 1 aromatic heterocycles. The number of aliphatic hydroxyl groups excluding tert-OH is 1. The molecule has 1 heterocycles. The Balaban J connectivity index is 2.11. The fourth-order valence-corrected chi connectivity index (χ4v) is 2.29. The van der Waals surface area contributed by atoms with Gasteiger partial charge in [0.15, 0.2) is 11.5 Å². The summed E-state index contributed by atoms with van der Waals surface area (Å²) in [6.07, 6.45) is -0.524. The van der Waals surface area contributed by atoms with Gasteiger partial charge in [-0.2, -0.15) is 0 Å². The molecule has 0 saturated carbocycles. The van der Waals surface area contributed by atoms with E-state index in [-0.39, 0.29) is 0 Å². The van der Waals surface area contributed by atoms with Gasteiger partial charge in [-0.15, -0.1) is 11.3 Å². The maximum atomic E-state index is 9.54. The van der Waals surface area contributed by atoms with Gasteiger partial charge in [-0.05, 0) is 31.5 Å². The molecule has 2 aromatic rings. The molecule has 19 heavy (non-hydrogen) atoms. The molecule has 0 radical (unpaired) electrons. The van der Waals surface area contributed by atoms with Crippen LogP contribution in [0.15, 0.2) is 23.6 Å². The Morgan fingerprint density at radius 3 is 2.74 bits per heavy atom. The minimum absolute atomic E-state index is 0.411. The fourth-order valence-electron chi connectivity index (χ4n) is 1.69. The molecular formula is C14H17NO3S. The molecule has 0 amide bonds. The maximum absolute atomic E-state index is 9.54. The number of hydrogen-bond donors (Lipinski definition) is 1. The summed E-state index contributed by atoms with van der Waals surface area (Å²) >= 11 is 1.60. The highest BCUT2D eigenvalue weighted by Crippen LogP contribution is 2.30. The molecule has 2 rings (SSSR count). The van der Waals surface area contributed by atoms with Crippen LogP contribution < -0.4 is 9.47 Å². The molecule has 0 aliphatic carbocycles. The van der Waals surface area contributed by atoms with E-state index in [1.807, 2.05) is 18.4 Å². The van der Waals surface area contributed by atoms with Crippen molar-refractivity contribution in [1.82, 2.24) is 4.98 Å². The minimum atomic E-state index is -0.524. The Labute approximate surface area is 116 Å². The van der Waals surface area contributed by atoms with Crippen molar-refractivity contribution in [3.05, 3.63) is 39.8 Å². The highest BCUT2D eigenvalue weighted by Gasteiger charge is 2.09. The van der Waals surface area contributed by atoms with Crippen molar-refractivity contribution in [2.45, 2.75) is 26.6 Å². The zero-order chi connectivity index (χ0) is 13.8. The number of aliphatic hydroxyl groups is 1. The second-order valence-electron chi connectivity index (χ2n) is 4.23. The van der Waals surface area contributed by atoms with E-state index in [4.69, 9.17) is 9.47 Å². The summed E-state index contributed by atoms with van der Waals surface area (Å²) in [6, 6.07) is 5.42. The lowest BCUT2D eigenvalue weighted by Gasteiger charge is -2.12. The van der Waals surface area contributed by atoms with Gasteiger partial charge in [-0.3, -0.25) is 0 Å². The van der Waals surface area contributed by atoms with Crippen LogP contribution in [0, 0.1) is 6.92 Å². The van der Waals surface area contributed by atoms with Crippen LogP contribution >= 0.6 is 11.3 Å². The molecule has 1 aromatic carbocycles. The molecule has 0 aliphatic heterocycles. The van der Waals surface area contributed by atoms with Crippen LogP contribution in [-0.4, -0.2) is 17.2 Å². The Kier molecular flexibility index (Phi) is 4.39. The number of hydrogen-bond acceptors (Lipinski definition) is 5. The monoisotopic (exact) mass is 279 g/mol. The zero-order valence-corrected chi connectivity index (χ0v) is 12.0. The average Bonchev–Trinajstić information content (AvgIpc) is 2.81. The maximum Gasteiger partial charge on any atom is 0.161 e. The van der Waals surface area contributed by atoms with Crippen molar-refractivity contribution in [2.75, 3.05) is 7.11 Å². The highest BCUT2D eigenvalue weighted by molar-refractivity contribution is 7.09. The summed E-state index contributed by atoms with van der Waals surface area (Å²) in [5.74, 6) is 1.27. The lowest BCUT2D eigenvalue weighted by Crippen LogP contribution is -1.99. The third kappa shape index (κ3) is 3.45. The first-order chi connectivity index (χ1) is 9.10. The number of ether oxygens (including phenoxy) is 2. The lowest BCUT2D eigenvalue weighted by molar-refractivity contribution is 0.198. The van der Waals surface area contributed by atoms with E-state index in [0.717, 1.165) is 16.3 Å². The van der Waals surface area contributed by atoms with Gasteiger partial charge in [0.1, 0.15) is 6.61 Å². The summed E-state index contributed by atoms with van der Waals surface area (Å²) < 4.78 is 11.0. The zero-order valence-electron chi connectivity index (χ0n) is 11.2. The van der Waals surface area contributed by atoms with Crippen LogP contribution in [0.3, 0.4) is 0 Å². The van der Waals surface area contributed by atoms with Crippen LogP contribution in [0.25, 0.3) is 0 Å². The van der Waals surface area contributed by atoms with Gasteiger partial charge in [-0.1, -0.05) is 6.07 Å². The van der Waals surface area contributed by atoms with Crippen molar-refractivity contribution < 1.29 is 14.6 Å². The van der Waals surface area contributed by atoms with Gasteiger partial charge in [0.05, 0.1) is 23.9 Å². The molecule has 4 nitrogen and oxygen atoms in total. The van der Waals surface area contributed by atoms with E-state index >= 15 is 0 Å². The molecule has 0 aliphatic rings. The van der Waals surface area contributed by atoms with Gasteiger partial charge in [-0.25, -0.2) is 4.98 Å². The second-order valence-corrected chi connectivity index (χ2v) is 5.30. The Hall–Kier alpha value is -1.59. The third-order valence-corrected chi connectivity index (χ3v) is 3.53. The summed E-state index contributed by atoms with van der Waals surface area (Å²) in [4.78, 5) is 4.34. The van der Waals surface area contributed by atoms with Gasteiger partial charge < -0.3 is 14.6 Å². The SMILES string of the molecule is COc1cc([C@@H](C)O)ccc1OCc1csc(C)n1. The number of nitrogens with zero attached hydrogens (tertiary/aromatic N) is 1. The average molecular weight is 279 g/mol. The van der Waals surface area contributed by atoms with E-state index in [2.05, 4.69) is 4.98 Å². The van der Waals surface area contributed by atoms with E-state index in [1.54, 1.807) is 37.5 Å². The van der Waals surface area contributed by atoms with Crippen LogP contribution in [-0.2, 0) is 6.61 Å². The minimum Gasteiger partial charge on any atom is -0.493 e. The molecule has 0 saturated heterocycles. The van der Waals surface area contributed by atoms with E-state index in [1.165, 1.54) is 0 Å². The number of aryl methyl sites for hydroxylation is 1. The fraction of sp³-hybridized carbons (Fsp3) is 0.357. The highest BCUT2D eigenvalue weighted by atomic mass is 32.1. The van der Waals surface area contributed by atoms with Crippen molar-refractivity contribution >= 4 is 11.3 Å². The van der Waals surface area contributed by atoms with Crippen molar-refractivity contribution in [2.24, 2.45) is 0 Å². The first-order valence-corrected chi connectivity index (χ1v) is 6.88. The van der Waals surface area contributed by atoms with Crippen molar-refractivity contribution in [1.29, 1.82) is 0 Å². The normalized spacial score (nSPS) is 12.2. The summed E-state index contributed by atoms with van der Waals surface area (Å²) in [5, 5.41) is 12.5. The van der Waals surface area contributed by atoms with Gasteiger partial charge in [0.25, 0.3) is 0 Å². The molecule has 0 bridgehead atoms. The number of methoxy groups -OCH3 is 1. The van der Waals surface area contributed by atoms with Crippen LogP contribution in [0.4, 0.5) is 0 Å². The summed E-state index contributed by atoms with van der Waals surface area (Å²) in [7, 11) is 1.58. The van der Waals surface area contributed by atoms with Crippen LogP contribution in [0.1, 0.15) is 29.3 Å². The first kappa shape index (κ1) is 13.8. The van der Waals surface area contributed by atoms with E-state index in [9.17, 15) is 5.11 Å². The smallest absolute Gasteiger partial charge is 0.161 e. The third-order valence-electron chi connectivity index (χ3n) is 2.71. The molecule has 1 atom stereocenters. The predicted octanol–water partition coefficient (Wildman–Crippen LogP) is 3.09. The molecule has 5 heteroatoms. The predicted molar refractivity (Wildman–Crippen MR) is 74.8 cm³/mol. The van der Waals surface area contributed by atoms with Gasteiger partial charge in [0, 0.05) is 5.38 Å². The Morgan fingerprint density at radius 1 is 1.37 bits per heavy atom. The Bertz CT molecular complexity index is 551. The number of thiazole rings is 1. The van der Waals surface area contributed by atoms with Gasteiger partial charge in [0.2, 0.25) is 0 Å². The molecular weight excluding hydrogens is 262 g/mol. The standard InChI is InChI=1S/C14H17NO3S/c1-9(16)11-4-5-13(14(6-11)17-3)18-7-12-8-19-10(2)15-12/h4-6,8-9,16H,7H2,1-3H3/t9-/m1/s1. The van der Waals surface area contributed by atoms with Gasteiger partial charge >= 0.3 is 0 Å². The molecule has 0 spiro atoms. The summed E-state index contributed by atoms with van der Waals surface area (Å²) in [5.41, 5.74) is 1.71. The topological polar surface area (TPSA) is 51.6 Å². The van der Waals surface area contributed by atoms with Crippen LogP contribution in [0.5, 0.6) is 11.5 Å². The van der Waals surface area contributed by atoms with E-state index < -0.39 is 6.10 Å². The number of rotatable bonds is 5. The molecule has 0 unspecified atom stereocenters. The first-order valence-electron chi connectivity index (χ1n) is 6.00. The second kappa shape index (κ2) is 6.04. The Morgan fingerprint density at radius 2 is 2.16 bits per heavy atom.